The molecule has 0 saturated heterocycles. The lowest BCUT2D eigenvalue weighted by atomic mass is 10.1. The summed E-state index contributed by atoms with van der Waals surface area (Å²) in [5.74, 6) is 0.288. The smallest absolute Gasteiger partial charge is 0.242 e. The van der Waals surface area contributed by atoms with Gasteiger partial charge in [0.15, 0.2) is 18.0 Å². The number of ether oxygens (including phenoxy) is 1. The van der Waals surface area contributed by atoms with Gasteiger partial charge in [-0.05, 0) is 36.8 Å². The average Bonchev–Trinajstić information content (AvgIpc) is 3.14. The number of hydrogen-bond acceptors (Lipinski definition) is 5. The van der Waals surface area contributed by atoms with Crippen LogP contribution in [-0.4, -0.2) is 59.6 Å². The van der Waals surface area contributed by atoms with Crippen LogP contribution in [-0.2, 0) is 16.0 Å². The van der Waals surface area contributed by atoms with Crippen LogP contribution >= 0.6 is 23.2 Å². The summed E-state index contributed by atoms with van der Waals surface area (Å²) in [6.07, 6.45) is 2.85. The first kappa shape index (κ1) is 23.6. The normalized spacial score (nSPS) is 10.8. The third kappa shape index (κ3) is 4.87. The third-order valence-corrected chi connectivity index (χ3v) is 5.34. The van der Waals surface area contributed by atoms with Gasteiger partial charge in [0.1, 0.15) is 12.4 Å². The van der Waals surface area contributed by atoms with Gasteiger partial charge in [-0.25, -0.2) is 4.98 Å². The number of aromatic nitrogens is 2. The van der Waals surface area contributed by atoms with Crippen molar-refractivity contribution in [1.82, 2.24) is 14.3 Å². The molecule has 168 valence electrons. The van der Waals surface area contributed by atoms with Crippen LogP contribution in [0.5, 0.6) is 5.75 Å². The van der Waals surface area contributed by atoms with Gasteiger partial charge in [-0.1, -0.05) is 30.1 Å². The van der Waals surface area contributed by atoms with Gasteiger partial charge in [-0.3, -0.25) is 23.7 Å². The van der Waals surface area contributed by atoms with E-state index < -0.39 is 0 Å². The first-order valence-electron chi connectivity index (χ1n) is 9.79. The van der Waals surface area contributed by atoms with Crippen LogP contribution in [0.2, 0.25) is 10.0 Å². The highest BCUT2D eigenvalue weighted by Crippen LogP contribution is 2.28. The fourth-order valence-corrected chi connectivity index (χ4v) is 3.63. The minimum Gasteiger partial charge on any atom is -0.482 e. The molecule has 32 heavy (non-hydrogen) atoms. The number of ketones is 1. The summed E-state index contributed by atoms with van der Waals surface area (Å²) in [4.78, 5) is 43.9. The van der Waals surface area contributed by atoms with Crippen molar-refractivity contribution in [3.05, 3.63) is 57.8 Å². The van der Waals surface area contributed by atoms with E-state index in [9.17, 15) is 14.4 Å². The molecule has 0 atom stereocenters. The lowest BCUT2D eigenvalue weighted by Gasteiger charge is -2.20. The molecule has 2 amide bonds. The first-order chi connectivity index (χ1) is 15.3. The zero-order chi connectivity index (χ0) is 23.4. The van der Waals surface area contributed by atoms with Crippen molar-refractivity contribution in [2.24, 2.45) is 0 Å². The maximum absolute atomic E-state index is 12.6. The monoisotopic (exact) mass is 476 g/mol. The van der Waals surface area contributed by atoms with Crippen LogP contribution in [0, 0.1) is 0 Å². The maximum Gasteiger partial charge on any atom is 0.242 e. The molecule has 10 heteroatoms. The second-order valence-electron chi connectivity index (χ2n) is 7.16. The van der Waals surface area contributed by atoms with Crippen molar-refractivity contribution < 1.29 is 19.1 Å². The molecule has 0 N–H and O–H groups in total. The molecule has 0 bridgehead atoms. The summed E-state index contributed by atoms with van der Waals surface area (Å²) in [6.45, 7) is 1.51. The molecule has 0 fully saturated rings. The van der Waals surface area contributed by atoms with Crippen LogP contribution in [0.3, 0.4) is 0 Å². The molecule has 1 aromatic carbocycles. The Morgan fingerprint density at radius 3 is 2.59 bits per heavy atom. The van der Waals surface area contributed by atoms with Gasteiger partial charge in [0.25, 0.3) is 0 Å². The van der Waals surface area contributed by atoms with Crippen molar-refractivity contribution in [2.45, 2.75) is 13.3 Å². The Bertz CT molecular complexity index is 1180. The number of likely N-dealkylation sites (N-methyl/N-ethyl adjacent to an activating group) is 1. The predicted octanol–water partition coefficient (Wildman–Crippen LogP) is 3.52. The summed E-state index contributed by atoms with van der Waals surface area (Å²) < 4.78 is 7.43. The molecule has 2 aromatic heterocycles. The van der Waals surface area contributed by atoms with E-state index in [1.54, 1.807) is 49.0 Å². The second-order valence-corrected chi connectivity index (χ2v) is 8.00. The molecule has 0 aliphatic carbocycles. The molecular formula is C22H22Cl2N4O4. The SMILES string of the molecule is CCc1nc2c(OCC(=O)c3ccc(Cl)cc3Cl)cccn2c1N(C=O)CC(=O)N(C)C. The van der Waals surface area contributed by atoms with Crippen molar-refractivity contribution in [1.29, 1.82) is 0 Å². The van der Waals surface area contributed by atoms with Gasteiger partial charge in [-0.15, -0.1) is 0 Å². The standard InChI is InChI=1S/C22H22Cl2N4O4/c1-4-17-22(27(13-29)11-20(31)26(2)3)28-9-5-6-19(21(28)25-17)32-12-18(30)15-8-7-14(23)10-16(15)24/h5-10,13H,4,11-12H2,1-3H3. The average molecular weight is 477 g/mol. The third-order valence-electron chi connectivity index (χ3n) is 4.79. The second kappa shape index (κ2) is 10.0. The summed E-state index contributed by atoms with van der Waals surface area (Å²) in [5, 5.41) is 0.676. The Morgan fingerprint density at radius 2 is 1.97 bits per heavy atom. The van der Waals surface area contributed by atoms with Gasteiger partial charge in [0.2, 0.25) is 18.1 Å². The zero-order valence-corrected chi connectivity index (χ0v) is 19.4. The maximum atomic E-state index is 12.6. The van der Waals surface area contributed by atoms with Crippen molar-refractivity contribution in [3.63, 3.8) is 0 Å². The molecule has 0 aliphatic heterocycles. The topological polar surface area (TPSA) is 84.2 Å². The molecule has 0 radical (unpaired) electrons. The molecule has 0 unspecified atom stereocenters. The zero-order valence-electron chi connectivity index (χ0n) is 17.8. The predicted molar refractivity (Wildman–Crippen MR) is 123 cm³/mol. The number of benzene rings is 1. The molecule has 0 saturated carbocycles. The first-order valence-corrected chi connectivity index (χ1v) is 10.6. The van der Waals surface area contributed by atoms with Crippen LogP contribution < -0.4 is 9.64 Å². The van der Waals surface area contributed by atoms with Gasteiger partial charge < -0.3 is 9.64 Å². The Hall–Kier alpha value is -3.10. The van der Waals surface area contributed by atoms with E-state index in [-0.39, 0.29) is 29.9 Å². The minimum absolute atomic E-state index is 0.129. The number of nitrogens with zero attached hydrogens (tertiary/aromatic N) is 4. The Morgan fingerprint density at radius 1 is 1.22 bits per heavy atom. The number of carbonyl (C=O) groups excluding carboxylic acids is 3. The van der Waals surface area contributed by atoms with Gasteiger partial charge in [-0.2, -0.15) is 0 Å². The lowest BCUT2D eigenvalue weighted by molar-refractivity contribution is -0.128. The summed E-state index contributed by atoms with van der Waals surface area (Å²) >= 11 is 12.0. The number of rotatable bonds is 9. The van der Waals surface area contributed by atoms with Crippen molar-refractivity contribution in [2.75, 3.05) is 32.1 Å². The van der Waals surface area contributed by atoms with E-state index >= 15 is 0 Å². The van der Waals surface area contributed by atoms with Gasteiger partial charge in [0, 0.05) is 30.9 Å². The summed E-state index contributed by atoms with van der Waals surface area (Å²) in [6, 6.07) is 8.01. The van der Waals surface area contributed by atoms with Gasteiger partial charge >= 0.3 is 0 Å². The number of fused-ring (bicyclic) bond motifs is 1. The van der Waals surface area contributed by atoms with E-state index in [2.05, 4.69) is 4.98 Å². The quantitative estimate of drug-likeness (QED) is 0.348. The Kier molecular flexibility index (Phi) is 7.37. The molecule has 3 aromatic rings. The molecule has 0 aliphatic rings. The van der Waals surface area contributed by atoms with E-state index in [1.165, 1.54) is 15.9 Å². The molecule has 0 spiro atoms. The van der Waals surface area contributed by atoms with Crippen molar-refractivity contribution >= 4 is 52.8 Å². The number of halogens is 2. The number of carbonyl (C=O) groups is 3. The number of anilines is 1. The summed E-state index contributed by atoms with van der Waals surface area (Å²) in [7, 11) is 3.24. The van der Waals surface area contributed by atoms with Crippen LogP contribution in [0.1, 0.15) is 23.0 Å². The number of imidazole rings is 1. The number of hydrogen-bond donors (Lipinski definition) is 0. The van der Waals surface area contributed by atoms with Crippen molar-refractivity contribution in [3.8, 4) is 5.75 Å². The summed E-state index contributed by atoms with van der Waals surface area (Å²) in [5.41, 5.74) is 1.35. The highest BCUT2D eigenvalue weighted by atomic mass is 35.5. The van der Waals surface area contributed by atoms with Crippen LogP contribution in [0.15, 0.2) is 36.5 Å². The number of amides is 2. The molecule has 8 nitrogen and oxygen atoms in total. The van der Waals surface area contributed by atoms with E-state index in [0.29, 0.717) is 46.3 Å². The Balaban J connectivity index is 1.92. The highest BCUT2D eigenvalue weighted by Gasteiger charge is 2.22. The number of Topliss-reactive ketones (excluding diaryl/α,β-unsaturated/α-hetero) is 1. The fourth-order valence-electron chi connectivity index (χ4n) is 3.12. The van der Waals surface area contributed by atoms with E-state index in [1.807, 2.05) is 6.92 Å². The van der Waals surface area contributed by atoms with E-state index in [4.69, 9.17) is 27.9 Å². The molecular weight excluding hydrogens is 455 g/mol. The van der Waals surface area contributed by atoms with Crippen LogP contribution in [0.4, 0.5) is 5.82 Å². The van der Waals surface area contributed by atoms with E-state index in [0.717, 1.165) is 0 Å². The van der Waals surface area contributed by atoms with Crippen LogP contribution in [0.25, 0.3) is 5.65 Å². The lowest BCUT2D eigenvalue weighted by Crippen LogP contribution is -2.36. The molecule has 2 heterocycles. The Labute approximate surface area is 195 Å². The largest absolute Gasteiger partial charge is 0.482 e. The fraction of sp³-hybridized carbons (Fsp3) is 0.273. The number of aryl methyl sites for hydroxylation is 1. The van der Waals surface area contributed by atoms with Gasteiger partial charge in [0.05, 0.1) is 10.7 Å². The molecule has 3 rings (SSSR count). The minimum atomic E-state index is -0.317. The number of pyridine rings is 1. The highest BCUT2D eigenvalue weighted by molar-refractivity contribution is 6.36.